The van der Waals surface area contributed by atoms with E-state index in [0.717, 1.165) is 52.0 Å². The summed E-state index contributed by atoms with van der Waals surface area (Å²) in [6.45, 7) is 2.83. The minimum Gasteiger partial charge on any atom is -0.496 e. The smallest absolute Gasteiger partial charge is 0.136 e. The summed E-state index contributed by atoms with van der Waals surface area (Å²) in [5.74, 6) is 2.40. The van der Waals surface area contributed by atoms with Gasteiger partial charge in [0.2, 0.25) is 0 Å². The van der Waals surface area contributed by atoms with Gasteiger partial charge >= 0.3 is 0 Å². The molecule has 0 spiro atoms. The van der Waals surface area contributed by atoms with Crippen molar-refractivity contribution in [1.29, 1.82) is 0 Å². The molecule has 25 heavy (non-hydrogen) atoms. The van der Waals surface area contributed by atoms with Crippen molar-refractivity contribution < 1.29 is 23.7 Å². The van der Waals surface area contributed by atoms with E-state index in [0.29, 0.717) is 6.61 Å². The Morgan fingerprint density at radius 2 is 1.84 bits per heavy atom. The number of methoxy groups -OCH3 is 3. The molecule has 4 rings (SSSR count). The molecule has 5 heteroatoms. The van der Waals surface area contributed by atoms with E-state index in [-0.39, 0.29) is 18.3 Å². The zero-order valence-corrected chi connectivity index (χ0v) is 15.1. The number of hydrogen-bond donors (Lipinski definition) is 0. The van der Waals surface area contributed by atoms with E-state index in [2.05, 4.69) is 6.92 Å². The van der Waals surface area contributed by atoms with E-state index >= 15 is 0 Å². The summed E-state index contributed by atoms with van der Waals surface area (Å²) < 4.78 is 29.7. The molecular formula is C20H24O5. The van der Waals surface area contributed by atoms with Gasteiger partial charge in [-0.3, -0.25) is 0 Å². The molecular weight excluding hydrogens is 320 g/mol. The Kier molecular flexibility index (Phi) is 4.21. The predicted octanol–water partition coefficient (Wildman–Crippen LogP) is 4.18. The maximum absolute atomic E-state index is 6.35. The third-order valence-electron chi connectivity index (χ3n) is 5.26. The van der Waals surface area contributed by atoms with Crippen LogP contribution in [0.5, 0.6) is 17.2 Å². The molecule has 1 fully saturated rings. The number of rotatable bonds is 4. The van der Waals surface area contributed by atoms with Crippen molar-refractivity contribution in [2.24, 2.45) is 0 Å². The SMILES string of the molecule is CC[C@@H]1O[C@@H]2CCO[C@@H]2c2c1c(OC)c1c(OC)cccc1c2OC. The van der Waals surface area contributed by atoms with Crippen molar-refractivity contribution in [3.63, 3.8) is 0 Å². The fourth-order valence-electron chi connectivity index (χ4n) is 4.24. The molecule has 0 saturated carbocycles. The first-order valence-corrected chi connectivity index (χ1v) is 8.76. The first-order valence-electron chi connectivity index (χ1n) is 8.76. The van der Waals surface area contributed by atoms with Crippen LogP contribution in [0.1, 0.15) is 43.1 Å². The van der Waals surface area contributed by atoms with Gasteiger partial charge in [-0.2, -0.15) is 0 Å². The minimum atomic E-state index is -0.114. The lowest BCUT2D eigenvalue weighted by molar-refractivity contribution is -0.0740. The molecule has 0 bridgehead atoms. The summed E-state index contributed by atoms with van der Waals surface area (Å²) in [5, 5.41) is 1.89. The van der Waals surface area contributed by atoms with Crippen LogP contribution in [0, 0.1) is 0 Å². The van der Waals surface area contributed by atoms with Gasteiger partial charge < -0.3 is 23.7 Å². The molecule has 2 aromatic carbocycles. The third kappa shape index (κ3) is 2.29. The first-order chi connectivity index (χ1) is 12.2. The highest BCUT2D eigenvalue weighted by Crippen LogP contribution is 2.55. The summed E-state index contributed by atoms with van der Waals surface area (Å²) in [6, 6.07) is 5.95. The van der Waals surface area contributed by atoms with Crippen LogP contribution in [0.15, 0.2) is 18.2 Å². The maximum atomic E-state index is 6.35. The van der Waals surface area contributed by atoms with Crippen molar-refractivity contribution in [3.05, 3.63) is 29.3 Å². The van der Waals surface area contributed by atoms with Crippen LogP contribution in [0.4, 0.5) is 0 Å². The highest BCUT2D eigenvalue weighted by atomic mass is 16.6. The predicted molar refractivity (Wildman–Crippen MR) is 94.8 cm³/mol. The molecule has 0 unspecified atom stereocenters. The average molecular weight is 344 g/mol. The van der Waals surface area contributed by atoms with E-state index in [1.807, 2.05) is 18.2 Å². The monoisotopic (exact) mass is 344 g/mol. The largest absolute Gasteiger partial charge is 0.496 e. The quantitative estimate of drug-likeness (QED) is 0.833. The van der Waals surface area contributed by atoms with Gasteiger partial charge in [0.15, 0.2) is 0 Å². The molecule has 0 amide bonds. The topological polar surface area (TPSA) is 46.2 Å². The lowest BCUT2D eigenvalue weighted by Gasteiger charge is -2.36. The van der Waals surface area contributed by atoms with Gasteiger partial charge in [0.25, 0.3) is 0 Å². The summed E-state index contributed by atoms with van der Waals surface area (Å²) in [6.07, 6.45) is 1.67. The molecule has 0 aromatic heterocycles. The molecule has 2 aliphatic rings. The Bertz CT molecular complexity index is 801. The highest BCUT2D eigenvalue weighted by Gasteiger charge is 2.44. The maximum Gasteiger partial charge on any atom is 0.136 e. The molecule has 2 heterocycles. The van der Waals surface area contributed by atoms with Crippen LogP contribution >= 0.6 is 0 Å². The van der Waals surface area contributed by atoms with E-state index < -0.39 is 0 Å². The Morgan fingerprint density at radius 1 is 1.04 bits per heavy atom. The molecule has 3 atom stereocenters. The van der Waals surface area contributed by atoms with Crippen molar-refractivity contribution in [2.45, 2.75) is 38.1 Å². The molecule has 0 radical (unpaired) electrons. The fraction of sp³-hybridized carbons (Fsp3) is 0.500. The normalized spacial score (nSPS) is 24.7. The molecule has 2 aromatic rings. The van der Waals surface area contributed by atoms with Crippen LogP contribution < -0.4 is 14.2 Å². The van der Waals surface area contributed by atoms with Crippen molar-refractivity contribution >= 4 is 10.8 Å². The Morgan fingerprint density at radius 3 is 2.52 bits per heavy atom. The number of hydrogen-bond acceptors (Lipinski definition) is 5. The van der Waals surface area contributed by atoms with Crippen LogP contribution in [-0.4, -0.2) is 34.0 Å². The number of benzene rings is 2. The van der Waals surface area contributed by atoms with Crippen LogP contribution in [0.25, 0.3) is 10.8 Å². The summed E-state index contributed by atoms with van der Waals surface area (Å²) in [5.41, 5.74) is 2.10. The molecule has 134 valence electrons. The average Bonchev–Trinajstić information content (AvgIpc) is 3.13. The van der Waals surface area contributed by atoms with E-state index in [1.165, 1.54) is 0 Å². The Hall–Kier alpha value is -1.98. The van der Waals surface area contributed by atoms with Crippen molar-refractivity contribution in [3.8, 4) is 17.2 Å². The molecule has 1 saturated heterocycles. The van der Waals surface area contributed by atoms with Gasteiger partial charge in [-0.05, 0) is 18.9 Å². The van der Waals surface area contributed by atoms with Gasteiger partial charge in [-0.1, -0.05) is 19.1 Å². The van der Waals surface area contributed by atoms with Gasteiger partial charge in [0.1, 0.15) is 23.4 Å². The zero-order valence-electron chi connectivity index (χ0n) is 15.1. The second kappa shape index (κ2) is 6.39. The van der Waals surface area contributed by atoms with Gasteiger partial charge in [0.05, 0.1) is 45.5 Å². The molecule has 0 aliphatic carbocycles. The van der Waals surface area contributed by atoms with Crippen LogP contribution in [-0.2, 0) is 9.47 Å². The first kappa shape index (κ1) is 16.5. The van der Waals surface area contributed by atoms with Gasteiger partial charge in [0, 0.05) is 16.5 Å². The summed E-state index contributed by atoms with van der Waals surface area (Å²) in [4.78, 5) is 0. The Labute approximate surface area is 147 Å². The van der Waals surface area contributed by atoms with Crippen molar-refractivity contribution in [2.75, 3.05) is 27.9 Å². The standard InChI is InChI=1S/C20H24O5/c1-5-12-16-17(19-14(25-12)9-10-24-19)18(22-3)11-7-6-8-13(21-2)15(11)20(16)23-4/h6-8,12,14,19H,5,9-10H2,1-4H3/t12-,14+,19-/m0/s1. The second-order valence-corrected chi connectivity index (χ2v) is 6.43. The van der Waals surface area contributed by atoms with Crippen LogP contribution in [0.3, 0.4) is 0 Å². The van der Waals surface area contributed by atoms with Crippen LogP contribution in [0.2, 0.25) is 0 Å². The number of fused-ring (bicyclic) bond motifs is 4. The second-order valence-electron chi connectivity index (χ2n) is 6.43. The fourth-order valence-corrected chi connectivity index (χ4v) is 4.24. The highest BCUT2D eigenvalue weighted by molar-refractivity contribution is 6.00. The molecule has 5 nitrogen and oxygen atoms in total. The van der Waals surface area contributed by atoms with E-state index in [1.54, 1.807) is 21.3 Å². The molecule has 0 N–H and O–H groups in total. The third-order valence-corrected chi connectivity index (χ3v) is 5.26. The van der Waals surface area contributed by atoms with Gasteiger partial charge in [-0.25, -0.2) is 0 Å². The zero-order chi connectivity index (χ0) is 17.6. The summed E-state index contributed by atoms with van der Waals surface area (Å²) >= 11 is 0. The van der Waals surface area contributed by atoms with E-state index in [9.17, 15) is 0 Å². The minimum absolute atomic E-state index is 0.0453. The van der Waals surface area contributed by atoms with Crippen molar-refractivity contribution in [1.82, 2.24) is 0 Å². The lowest BCUT2D eigenvalue weighted by Crippen LogP contribution is -2.28. The molecule has 2 aliphatic heterocycles. The Balaban J connectivity index is 2.14. The lowest BCUT2D eigenvalue weighted by atomic mass is 9.86. The van der Waals surface area contributed by atoms with E-state index in [4.69, 9.17) is 23.7 Å². The summed E-state index contributed by atoms with van der Waals surface area (Å²) in [7, 11) is 5.08. The van der Waals surface area contributed by atoms with Gasteiger partial charge in [-0.15, -0.1) is 0 Å². The number of ether oxygens (including phenoxy) is 5.